The van der Waals surface area contributed by atoms with Crippen molar-refractivity contribution in [2.75, 3.05) is 19.6 Å². The van der Waals surface area contributed by atoms with Gasteiger partial charge in [-0.25, -0.2) is 0 Å². The molecule has 1 rings (SSSR count). The van der Waals surface area contributed by atoms with Gasteiger partial charge in [0.15, 0.2) is 0 Å². The van der Waals surface area contributed by atoms with Gasteiger partial charge in [0.2, 0.25) is 0 Å². The molecule has 1 aliphatic rings. The number of amidine groups is 1. The van der Waals surface area contributed by atoms with Crippen LogP contribution in [0.25, 0.3) is 0 Å². The molecule has 4 N–H and O–H groups in total. The molecule has 1 heterocycles. The highest BCUT2D eigenvalue weighted by Crippen LogP contribution is 2.08. The molecule has 70 valence electrons. The fourth-order valence-electron chi connectivity index (χ4n) is 1.52. The van der Waals surface area contributed by atoms with E-state index in [-0.39, 0.29) is 0 Å². The summed E-state index contributed by atoms with van der Waals surface area (Å²) >= 11 is 0. The zero-order valence-electron chi connectivity index (χ0n) is 7.50. The molecular formula is C8H18N4. The average molecular weight is 170 g/mol. The van der Waals surface area contributed by atoms with Gasteiger partial charge in [-0.1, -0.05) is 6.42 Å². The van der Waals surface area contributed by atoms with Crippen molar-refractivity contribution in [2.24, 2.45) is 16.7 Å². The summed E-state index contributed by atoms with van der Waals surface area (Å²) in [5.41, 5.74) is 5.49. The lowest BCUT2D eigenvalue weighted by atomic mass is 10.1. The molecule has 0 atom stereocenters. The largest absolute Gasteiger partial charge is 0.386 e. The van der Waals surface area contributed by atoms with Crippen molar-refractivity contribution in [1.82, 2.24) is 4.90 Å². The van der Waals surface area contributed by atoms with E-state index in [0.717, 1.165) is 13.0 Å². The Labute approximate surface area is 73.6 Å². The SMILES string of the molecule is N/N=C(\N)CCN1CCCCC1. The number of hydrogen-bond acceptors (Lipinski definition) is 3. The third kappa shape index (κ3) is 3.09. The summed E-state index contributed by atoms with van der Waals surface area (Å²) in [5.74, 6) is 5.59. The molecule has 0 bridgehead atoms. The molecule has 0 aromatic heterocycles. The second-order valence-corrected chi connectivity index (χ2v) is 3.27. The van der Waals surface area contributed by atoms with Gasteiger partial charge in [0, 0.05) is 13.0 Å². The molecular weight excluding hydrogens is 152 g/mol. The van der Waals surface area contributed by atoms with E-state index in [4.69, 9.17) is 11.6 Å². The van der Waals surface area contributed by atoms with E-state index in [1.54, 1.807) is 0 Å². The van der Waals surface area contributed by atoms with Gasteiger partial charge in [0.1, 0.15) is 5.84 Å². The Morgan fingerprint density at radius 2 is 1.92 bits per heavy atom. The quantitative estimate of drug-likeness (QED) is 0.273. The highest BCUT2D eigenvalue weighted by atomic mass is 15.2. The predicted octanol–water partition coefficient (Wildman–Crippen LogP) is 0.0933. The molecule has 1 aliphatic heterocycles. The fourth-order valence-corrected chi connectivity index (χ4v) is 1.52. The Bertz CT molecular complexity index is 149. The second kappa shape index (κ2) is 4.98. The number of piperidine rings is 1. The van der Waals surface area contributed by atoms with Crippen LogP contribution in [0.1, 0.15) is 25.7 Å². The number of hydrazone groups is 1. The lowest BCUT2D eigenvalue weighted by Gasteiger charge is -2.25. The van der Waals surface area contributed by atoms with Crippen molar-refractivity contribution in [1.29, 1.82) is 0 Å². The maximum absolute atomic E-state index is 5.49. The summed E-state index contributed by atoms with van der Waals surface area (Å²) in [6, 6.07) is 0. The highest BCUT2D eigenvalue weighted by Gasteiger charge is 2.09. The van der Waals surface area contributed by atoms with Crippen LogP contribution in [-0.4, -0.2) is 30.4 Å². The van der Waals surface area contributed by atoms with Gasteiger partial charge < -0.3 is 16.5 Å². The Morgan fingerprint density at radius 1 is 1.25 bits per heavy atom. The van der Waals surface area contributed by atoms with Crippen LogP contribution in [0.15, 0.2) is 5.10 Å². The van der Waals surface area contributed by atoms with E-state index in [1.807, 2.05) is 0 Å². The van der Waals surface area contributed by atoms with Crippen LogP contribution in [0, 0.1) is 0 Å². The Balaban J connectivity index is 2.13. The molecule has 1 saturated heterocycles. The summed E-state index contributed by atoms with van der Waals surface area (Å²) in [5, 5.41) is 3.44. The molecule has 0 aliphatic carbocycles. The monoisotopic (exact) mass is 170 g/mol. The first-order chi connectivity index (χ1) is 5.83. The van der Waals surface area contributed by atoms with Crippen LogP contribution in [-0.2, 0) is 0 Å². The second-order valence-electron chi connectivity index (χ2n) is 3.27. The van der Waals surface area contributed by atoms with Crippen LogP contribution in [0.3, 0.4) is 0 Å². The van der Waals surface area contributed by atoms with Gasteiger partial charge >= 0.3 is 0 Å². The van der Waals surface area contributed by atoms with Crippen LogP contribution in [0.5, 0.6) is 0 Å². The minimum atomic E-state index is 0.556. The molecule has 4 nitrogen and oxygen atoms in total. The van der Waals surface area contributed by atoms with Gasteiger partial charge in [-0.15, -0.1) is 0 Å². The van der Waals surface area contributed by atoms with E-state index >= 15 is 0 Å². The van der Waals surface area contributed by atoms with Gasteiger partial charge in [-0.05, 0) is 25.9 Å². The van der Waals surface area contributed by atoms with Crippen LogP contribution < -0.4 is 11.6 Å². The normalized spacial score (nSPS) is 21.2. The van der Waals surface area contributed by atoms with Crippen molar-refractivity contribution >= 4 is 5.84 Å². The number of likely N-dealkylation sites (tertiary alicyclic amines) is 1. The van der Waals surface area contributed by atoms with Gasteiger partial charge in [0.25, 0.3) is 0 Å². The molecule has 0 aromatic rings. The molecule has 0 radical (unpaired) electrons. The molecule has 12 heavy (non-hydrogen) atoms. The topological polar surface area (TPSA) is 67.6 Å². The molecule has 0 unspecified atom stereocenters. The standard InChI is InChI=1S/C8H18N4/c9-8(11-10)4-7-12-5-2-1-3-6-12/h1-7,10H2,(H2,9,11). The van der Waals surface area contributed by atoms with Crippen LogP contribution >= 0.6 is 0 Å². The number of nitrogens with two attached hydrogens (primary N) is 2. The Kier molecular flexibility index (Phi) is 3.87. The summed E-state index contributed by atoms with van der Waals surface area (Å²) in [6.45, 7) is 3.42. The molecule has 0 aromatic carbocycles. The lowest BCUT2D eigenvalue weighted by Crippen LogP contribution is -2.33. The third-order valence-corrected chi connectivity index (χ3v) is 2.30. The van der Waals surface area contributed by atoms with E-state index in [0.29, 0.717) is 5.84 Å². The molecule has 4 heteroatoms. The molecule has 0 amide bonds. The third-order valence-electron chi connectivity index (χ3n) is 2.30. The minimum absolute atomic E-state index is 0.556. The first kappa shape index (κ1) is 9.32. The van der Waals surface area contributed by atoms with E-state index in [1.165, 1.54) is 32.4 Å². The van der Waals surface area contributed by atoms with Crippen molar-refractivity contribution < 1.29 is 0 Å². The summed E-state index contributed by atoms with van der Waals surface area (Å²) < 4.78 is 0. The highest BCUT2D eigenvalue weighted by molar-refractivity contribution is 5.80. The minimum Gasteiger partial charge on any atom is -0.386 e. The zero-order chi connectivity index (χ0) is 8.81. The van der Waals surface area contributed by atoms with Crippen LogP contribution in [0.4, 0.5) is 0 Å². The fraction of sp³-hybridized carbons (Fsp3) is 0.875. The summed E-state index contributed by atoms with van der Waals surface area (Å²) in [6.07, 6.45) is 4.81. The van der Waals surface area contributed by atoms with Crippen molar-refractivity contribution in [3.8, 4) is 0 Å². The van der Waals surface area contributed by atoms with Crippen molar-refractivity contribution in [2.45, 2.75) is 25.7 Å². The maximum Gasteiger partial charge on any atom is 0.120 e. The zero-order valence-corrected chi connectivity index (χ0v) is 7.50. The van der Waals surface area contributed by atoms with E-state index in [9.17, 15) is 0 Å². The lowest BCUT2D eigenvalue weighted by molar-refractivity contribution is 0.235. The average Bonchev–Trinajstić information content (AvgIpc) is 2.16. The first-order valence-corrected chi connectivity index (χ1v) is 4.57. The van der Waals surface area contributed by atoms with E-state index in [2.05, 4.69) is 10.0 Å². The molecule has 0 spiro atoms. The smallest absolute Gasteiger partial charge is 0.120 e. The number of hydrogen-bond donors (Lipinski definition) is 2. The Hall–Kier alpha value is -0.770. The van der Waals surface area contributed by atoms with Gasteiger partial charge in [-0.2, -0.15) is 5.10 Å². The van der Waals surface area contributed by atoms with Crippen molar-refractivity contribution in [3.05, 3.63) is 0 Å². The predicted molar refractivity (Wildman–Crippen MR) is 50.7 cm³/mol. The maximum atomic E-state index is 5.49. The summed E-state index contributed by atoms with van der Waals surface area (Å²) in [4.78, 5) is 2.42. The van der Waals surface area contributed by atoms with Crippen molar-refractivity contribution in [3.63, 3.8) is 0 Å². The first-order valence-electron chi connectivity index (χ1n) is 4.57. The number of nitrogens with zero attached hydrogens (tertiary/aromatic N) is 2. The Morgan fingerprint density at radius 3 is 2.50 bits per heavy atom. The summed E-state index contributed by atoms with van der Waals surface area (Å²) in [7, 11) is 0. The molecule has 0 saturated carbocycles. The molecule has 1 fully saturated rings. The van der Waals surface area contributed by atoms with E-state index < -0.39 is 0 Å². The van der Waals surface area contributed by atoms with Gasteiger partial charge in [-0.3, -0.25) is 0 Å². The number of rotatable bonds is 3. The van der Waals surface area contributed by atoms with Crippen LogP contribution in [0.2, 0.25) is 0 Å². The van der Waals surface area contributed by atoms with Gasteiger partial charge in [0.05, 0.1) is 0 Å².